The zero-order valence-corrected chi connectivity index (χ0v) is 19.7. The largest absolute Gasteiger partial charge is 0.489 e. The number of amides is 1. The van der Waals surface area contributed by atoms with E-state index in [9.17, 15) is 13.2 Å². The third-order valence-electron chi connectivity index (χ3n) is 5.53. The predicted octanol–water partition coefficient (Wildman–Crippen LogP) is 4.51. The molecule has 0 spiro atoms. The highest BCUT2D eigenvalue weighted by Crippen LogP contribution is 2.39. The SMILES string of the molecule is O=C(CN(c1nccs1)S(=O)(=O)c1ccccc1)N1c2ccccc2OCC1c1ccccc1. The molecule has 1 aromatic heterocycles. The molecule has 1 amide bonds. The van der Waals surface area contributed by atoms with E-state index in [4.69, 9.17) is 4.74 Å². The fourth-order valence-corrected chi connectivity index (χ4v) is 6.19. The van der Waals surface area contributed by atoms with Gasteiger partial charge >= 0.3 is 0 Å². The zero-order chi connectivity index (χ0) is 23.5. The van der Waals surface area contributed by atoms with E-state index < -0.39 is 22.6 Å². The lowest BCUT2D eigenvalue weighted by atomic mass is 10.0. The first-order valence-corrected chi connectivity index (χ1v) is 12.9. The van der Waals surface area contributed by atoms with Crippen LogP contribution in [0.3, 0.4) is 0 Å². The third-order valence-corrected chi connectivity index (χ3v) is 8.19. The summed E-state index contributed by atoms with van der Waals surface area (Å²) >= 11 is 1.16. The Balaban J connectivity index is 1.55. The molecule has 34 heavy (non-hydrogen) atoms. The summed E-state index contributed by atoms with van der Waals surface area (Å²) in [6.45, 7) is -0.141. The van der Waals surface area contributed by atoms with Gasteiger partial charge in [0.1, 0.15) is 18.9 Å². The number of anilines is 2. The van der Waals surface area contributed by atoms with Crippen molar-refractivity contribution in [3.63, 3.8) is 0 Å². The molecule has 172 valence electrons. The van der Waals surface area contributed by atoms with Gasteiger partial charge in [0.25, 0.3) is 10.0 Å². The smallest absolute Gasteiger partial charge is 0.266 e. The number of para-hydroxylation sites is 2. The van der Waals surface area contributed by atoms with Gasteiger partial charge in [0.2, 0.25) is 5.91 Å². The van der Waals surface area contributed by atoms with E-state index in [1.54, 1.807) is 34.5 Å². The van der Waals surface area contributed by atoms with Gasteiger partial charge in [-0.05, 0) is 29.8 Å². The molecule has 0 radical (unpaired) electrons. The van der Waals surface area contributed by atoms with Crippen molar-refractivity contribution in [1.82, 2.24) is 4.98 Å². The third kappa shape index (κ3) is 4.15. The molecule has 1 atom stereocenters. The van der Waals surface area contributed by atoms with E-state index in [0.29, 0.717) is 11.4 Å². The summed E-state index contributed by atoms with van der Waals surface area (Å²) in [4.78, 5) is 19.8. The topological polar surface area (TPSA) is 79.8 Å². The van der Waals surface area contributed by atoms with E-state index in [1.165, 1.54) is 18.3 Å². The molecular formula is C25H21N3O4S2. The Morgan fingerprint density at radius 2 is 1.68 bits per heavy atom. The molecule has 5 rings (SSSR count). The lowest BCUT2D eigenvalue weighted by Gasteiger charge is -2.38. The Bertz CT molecular complexity index is 1380. The van der Waals surface area contributed by atoms with Gasteiger partial charge in [-0.1, -0.05) is 60.7 Å². The first kappa shape index (κ1) is 22.1. The molecule has 0 bridgehead atoms. The zero-order valence-electron chi connectivity index (χ0n) is 18.0. The first-order chi connectivity index (χ1) is 16.6. The van der Waals surface area contributed by atoms with Gasteiger partial charge in [0, 0.05) is 11.6 Å². The maximum absolute atomic E-state index is 13.9. The second-order valence-electron chi connectivity index (χ2n) is 7.61. The number of sulfonamides is 1. The summed E-state index contributed by atoms with van der Waals surface area (Å²) in [5.74, 6) is 0.203. The number of ether oxygens (including phenoxy) is 1. The van der Waals surface area contributed by atoms with Crippen molar-refractivity contribution in [3.8, 4) is 5.75 Å². The Morgan fingerprint density at radius 3 is 2.38 bits per heavy atom. The lowest BCUT2D eigenvalue weighted by molar-refractivity contribution is -0.118. The van der Waals surface area contributed by atoms with Crippen LogP contribution in [0.4, 0.5) is 10.8 Å². The van der Waals surface area contributed by atoms with E-state index in [0.717, 1.165) is 21.2 Å². The van der Waals surface area contributed by atoms with Crippen molar-refractivity contribution in [2.45, 2.75) is 10.9 Å². The molecule has 0 saturated carbocycles. The summed E-state index contributed by atoms with van der Waals surface area (Å²) in [7, 11) is -4.01. The Kier molecular flexibility index (Phi) is 6.04. The Labute approximate surface area is 201 Å². The monoisotopic (exact) mass is 491 g/mol. The second-order valence-corrected chi connectivity index (χ2v) is 10.3. The highest BCUT2D eigenvalue weighted by Gasteiger charge is 2.37. The van der Waals surface area contributed by atoms with Crippen molar-refractivity contribution in [2.75, 3.05) is 22.4 Å². The lowest BCUT2D eigenvalue weighted by Crippen LogP contribution is -2.47. The molecule has 0 N–H and O–H groups in total. The van der Waals surface area contributed by atoms with E-state index in [2.05, 4.69) is 4.98 Å². The molecule has 9 heteroatoms. The van der Waals surface area contributed by atoms with E-state index >= 15 is 0 Å². The maximum Gasteiger partial charge on any atom is 0.266 e. The van der Waals surface area contributed by atoms with Crippen LogP contribution in [0.1, 0.15) is 11.6 Å². The molecule has 0 fully saturated rings. The van der Waals surface area contributed by atoms with Gasteiger partial charge in [-0.2, -0.15) is 0 Å². The number of carbonyl (C=O) groups is 1. The van der Waals surface area contributed by atoms with Crippen LogP contribution < -0.4 is 13.9 Å². The van der Waals surface area contributed by atoms with Crippen molar-refractivity contribution in [2.24, 2.45) is 0 Å². The normalized spacial score (nSPS) is 15.3. The van der Waals surface area contributed by atoms with Gasteiger partial charge in [0.15, 0.2) is 5.13 Å². The fraction of sp³-hybridized carbons (Fsp3) is 0.120. The first-order valence-electron chi connectivity index (χ1n) is 10.6. The number of thiazole rings is 1. The van der Waals surface area contributed by atoms with Crippen LogP contribution in [0, 0.1) is 0 Å². The maximum atomic E-state index is 13.9. The minimum Gasteiger partial charge on any atom is -0.489 e. The van der Waals surface area contributed by atoms with Crippen molar-refractivity contribution in [1.29, 1.82) is 0 Å². The molecule has 3 aromatic carbocycles. The Hall–Kier alpha value is -3.69. The van der Waals surface area contributed by atoms with Gasteiger partial charge < -0.3 is 4.74 Å². The summed E-state index contributed by atoms with van der Waals surface area (Å²) in [5, 5.41) is 1.92. The Morgan fingerprint density at radius 1 is 1.00 bits per heavy atom. The van der Waals surface area contributed by atoms with Gasteiger partial charge in [-0.25, -0.2) is 17.7 Å². The molecule has 1 aliphatic heterocycles. The standard InChI is InChI=1S/C25H21N3O4S2/c29-24(17-27(25-26-15-16-33-25)34(30,31)20-11-5-2-6-12-20)28-21-13-7-8-14-23(21)32-18-22(28)19-9-3-1-4-10-19/h1-16,22H,17-18H2. The van der Waals surface area contributed by atoms with Crippen LogP contribution in [0.25, 0.3) is 0 Å². The van der Waals surface area contributed by atoms with Gasteiger partial charge in [-0.3, -0.25) is 9.69 Å². The van der Waals surface area contributed by atoms with Gasteiger partial charge in [0.05, 0.1) is 16.6 Å². The number of carbonyl (C=O) groups excluding carboxylic acids is 1. The summed E-state index contributed by atoms with van der Waals surface area (Å²) < 4.78 is 34.1. The van der Waals surface area contributed by atoms with Crippen LogP contribution in [-0.4, -0.2) is 32.5 Å². The number of nitrogens with zero attached hydrogens (tertiary/aromatic N) is 3. The van der Waals surface area contributed by atoms with Crippen LogP contribution >= 0.6 is 11.3 Å². The molecule has 1 unspecified atom stereocenters. The fourth-order valence-electron chi connectivity index (χ4n) is 3.93. The summed E-state index contributed by atoms with van der Waals surface area (Å²) in [6.07, 6.45) is 1.52. The van der Waals surface area contributed by atoms with Crippen LogP contribution in [0.5, 0.6) is 5.75 Å². The summed E-state index contributed by atoms with van der Waals surface area (Å²) in [5.41, 5.74) is 1.50. The number of benzene rings is 3. The van der Waals surface area contributed by atoms with Crippen LogP contribution in [0.2, 0.25) is 0 Å². The van der Waals surface area contributed by atoms with E-state index in [1.807, 2.05) is 48.5 Å². The molecule has 0 saturated heterocycles. The summed E-state index contributed by atoms with van der Waals surface area (Å²) in [6, 6.07) is 24.5. The van der Waals surface area contributed by atoms with Gasteiger partial charge in [-0.15, -0.1) is 11.3 Å². The minimum atomic E-state index is -4.01. The molecule has 0 aliphatic carbocycles. The average molecular weight is 492 g/mol. The minimum absolute atomic E-state index is 0.0972. The highest BCUT2D eigenvalue weighted by molar-refractivity contribution is 7.93. The number of hydrogen-bond acceptors (Lipinski definition) is 6. The number of aromatic nitrogens is 1. The molecule has 1 aliphatic rings. The van der Waals surface area contributed by atoms with Crippen LogP contribution in [0.15, 0.2) is 101 Å². The van der Waals surface area contributed by atoms with Crippen LogP contribution in [-0.2, 0) is 14.8 Å². The second kappa shape index (κ2) is 9.28. The van der Waals surface area contributed by atoms with Crippen molar-refractivity contribution in [3.05, 3.63) is 102 Å². The predicted molar refractivity (Wildman–Crippen MR) is 132 cm³/mol. The quantitative estimate of drug-likeness (QED) is 0.397. The molecule has 7 nitrogen and oxygen atoms in total. The van der Waals surface area contributed by atoms with Crippen molar-refractivity contribution < 1.29 is 17.9 Å². The molecular weight excluding hydrogens is 470 g/mol. The number of fused-ring (bicyclic) bond motifs is 1. The molecule has 4 aromatic rings. The van der Waals surface area contributed by atoms with E-state index in [-0.39, 0.29) is 22.5 Å². The van der Waals surface area contributed by atoms with Crippen molar-refractivity contribution >= 4 is 38.1 Å². The highest BCUT2D eigenvalue weighted by atomic mass is 32.2. The molecule has 2 heterocycles. The average Bonchev–Trinajstić information content (AvgIpc) is 3.42. The number of rotatable bonds is 6. The number of hydrogen-bond donors (Lipinski definition) is 0.